The zero-order valence-electron chi connectivity index (χ0n) is 9.31. The zero-order valence-corrected chi connectivity index (χ0v) is 13.8. The van der Waals surface area contributed by atoms with E-state index in [9.17, 15) is 4.39 Å². The van der Waals surface area contributed by atoms with Gasteiger partial charge in [-0.3, -0.25) is 0 Å². The van der Waals surface area contributed by atoms with Crippen LogP contribution in [0.15, 0.2) is 24.3 Å². The van der Waals surface area contributed by atoms with E-state index in [4.69, 9.17) is 23.2 Å². The van der Waals surface area contributed by atoms with Gasteiger partial charge in [-0.2, -0.15) is 0 Å². The molecule has 1 heterocycles. The van der Waals surface area contributed by atoms with Crippen molar-refractivity contribution >= 4 is 57.1 Å². The predicted octanol–water partition coefficient (Wildman–Crippen LogP) is 5.11. The average Bonchev–Trinajstić information content (AvgIpc) is 2.62. The number of halogens is 4. The molecule has 0 fully saturated rings. The lowest BCUT2D eigenvalue weighted by Crippen LogP contribution is -2.18. The smallest absolute Gasteiger partial charge is 0.124 e. The first kappa shape index (κ1) is 14.5. The number of hydrogen-bond donors (Lipinski definition) is 1. The van der Waals surface area contributed by atoms with Gasteiger partial charge in [-0.05, 0) is 53.4 Å². The van der Waals surface area contributed by atoms with Crippen molar-refractivity contribution in [2.75, 3.05) is 7.05 Å². The van der Waals surface area contributed by atoms with E-state index in [-0.39, 0.29) is 11.9 Å². The first-order valence-electron chi connectivity index (χ1n) is 5.10. The molecule has 0 aliphatic carbocycles. The van der Waals surface area contributed by atoms with Crippen molar-refractivity contribution < 1.29 is 4.39 Å². The summed E-state index contributed by atoms with van der Waals surface area (Å²) in [5, 5.41) is 3.19. The lowest BCUT2D eigenvalue weighted by molar-refractivity contribution is 0.621. The lowest BCUT2D eigenvalue weighted by Gasteiger charge is -2.17. The maximum absolute atomic E-state index is 13.1. The summed E-state index contributed by atoms with van der Waals surface area (Å²) in [6, 6.07) is 6.47. The topological polar surface area (TPSA) is 12.0 Å². The van der Waals surface area contributed by atoms with Crippen LogP contribution in [0.4, 0.5) is 4.39 Å². The minimum atomic E-state index is -0.243. The Kier molecular flexibility index (Phi) is 4.88. The summed E-state index contributed by atoms with van der Waals surface area (Å²) < 4.78 is 15.3. The van der Waals surface area contributed by atoms with Crippen LogP contribution in [-0.2, 0) is 0 Å². The summed E-state index contributed by atoms with van der Waals surface area (Å²) in [6.07, 6.45) is 0. The molecule has 1 N–H and O–H groups in total. The number of benzene rings is 1. The minimum Gasteiger partial charge on any atom is -0.309 e. The molecular weight excluding hydrogens is 407 g/mol. The molecule has 0 bridgehead atoms. The van der Waals surface area contributed by atoms with E-state index in [2.05, 4.69) is 27.9 Å². The fraction of sp³-hybridized carbons (Fsp3) is 0.167. The van der Waals surface area contributed by atoms with Crippen LogP contribution in [0.3, 0.4) is 0 Å². The molecule has 1 unspecified atom stereocenters. The second kappa shape index (κ2) is 6.05. The normalized spacial score (nSPS) is 12.7. The molecule has 0 saturated heterocycles. The number of hydrogen-bond acceptors (Lipinski definition) is 2. The summed E-state index contributed by atoms with van der Waals surface area (Å²) in [5.41, 5.74) is 1.90. The van der Waals surface area contributed by atoms with Crippen LogP contribution in [0, 0.1) is 9.39 Å². The second-order valence-electron chi connectivity index (χ2n) is 3.67. The van der Waals surface area contributed by atoms with Gasteiger partial charge in [0.15, 0.2) is 0 Å². The molecule has 0 amide bonds. The maximum atomic E-state index is 13.1. The first-order chi connectivity index (χ1) is 8.52. The Morgan fingerprint density at radius 1 is 1.28 bits per heavy atom. The largest absolute Gasteiger partial charge is 0.309 e. The molecule has 18 heavy (non-hydrogen) atoms. The maximum Gasteiger partial charge on any atom is 0.124 e. The van der Waals surface area contributed by atoms with Crippen LogP contribution >= 0.6 is 57.1 Å². The van der Waals surface area contributed by atoms with E-state index in [1.807, 2.05) is 13.1 Å². The van der Waals surface area contributed by atoms with Crippen molar-refractivity contribution in [2.45, 2.75) is 6.04 Å². The van der Waals surface area contributed by atoms with Gasteiger partial charge in [0, 0.05) is 9.13 Å². The Morgan fingerprint density at radius 2 is 2.00 bits per heavy atom. The Balaban J connectivity index is 2.48. The minimum absolute atomic E-state index is 0.0891. The molecule has 2 aromatic rings. The summed E-state index contributed by atoms with van der Waals surface area (Å²) >= 11 is 15.6. The van der Waals surface area contributed by atoms with Gasteiger partial charge < -0.3 is 5.32 Å². The highest BCUT2D eigenvalue weighted by Gasteiger charge is 2.20. The number of nitrogens with one attached hydrogen (secondary N) is 1. The summed E-state index contributed by atoms with van der Waals surface area (Å²) in [4.78, 5) is 0. The molecule has 1 aromatic carbocycles. The Labute approximate surface area is 132 Å². The van der Waals surface area contributed by atoms with Gasteiger partial charge in [0.25, 0.3) is 0 Å². The van der Waals surface area contributed by atoms with Crippen LogP contribution in [-0.4, -0.2) is 7.05 Å². The molecule has 0 spiro atoms. The van der Waals surface area contributed by atoms with Crippen LogP contribution in [0.1, 0.15) is 17.2 Å². The average molecular weight is 416 g/mol. The van der Waals surface area contributed by atoms with E-state index >= 15 is 0 Å². The zero-order chi connectivity index (χ0) is 13.3. The lowest BCUT2D eigenvalue weighted by atomic mass is 10.0. The Morgan fingerprint density at radius 3 is 2.50 bits per heavy atom. The third-order valence-electron chi connectivity index (χ3n) is 2.56. The molecule has 1 nitrogen and oxygen atoms in total. The standard InChI is InChI=1S/C12H9Cl2FINS/c1-17-11(8-5-10(13)18-12(8)14)7-3-2-6(15)4-9(7)16/h2-5,11,17H,1H3. The van der Waals surface area contributed by atoms with Crippen molar-refractivity contribution in [2.24, 2.45) is 0 Å². The Hall–Kier alpha value is 0.120. The van der Waals surface area contributed by atoms with Crippen molar-refractivity contribution in [3.8, 4) is 0 Å². The second-order valence-corrected chi connectivity index (χ2v) is 7.11. The quantitative estimate of drug-likeness (QED) is 0.687. The van der Waals surface area contributed by atoms with Crippen LogP contribution in [0.5, 0.6) is 0 Å². The molecule has 2 rings (SSSR count). The van der Waals surface area contributed by atoms with Crippen molar-refractivity contribution in [3.63, 3.8) is 0 Å². The van der Waals surface area contributed by atoms with Gasteiger partial charge in [-0.25, -0.2) is 4.39 Å². The third-order valence-corrected chi connectivity index (χ3v) is 5.01. The molecule has 0 aliphatic rings. The number of rotatable bonds is 3. The van der Waals surface area contributed by atoms with E-state index in [0.29, 0.717) is 8.67 Å². The molecule has 0 saturated carbocycles. The van der Waals surface area contributed by atoms with Crippen LogP contribution in [0.2, 0.25) is 8.67 Å². The SMILES string of the molecule is CNC(c1ccc(F)cc1I)c1cc(Cl)sc1Cl. The van der Waals surface area contributed by atoms with Gasteiger partial charge in [0.05, 0.1) is 14.7 Å². The van der Waals surface area contributed by atoms with Gasteiger partial charge >= 0.3 is 0 Å². The molecule has 0 radical (unpaired) electrons. The highest BCUT2D eigenvalue weighted by Crippen LogP contribution is 2.38. The molecular formula is C12H9Cl2FINS. The molecule has 6 heteroatoms. The summed E-state index contributed by atoms with van der Waals surface area (Å²) in [7, 11) is 1.84. The van der Waals surface area contributed by atoms with Crippen LogP contribution < -0.4 is 5.32 Å². The van der Waals surface area contributed by atoms with Crippen molar-refractivity contribution in [1.29, 1.82) is 0 Å². The van der Waals surface area contributed by atoms with Gasteiger partial charge in [-0.1, -0.05) is 29.3 Å². The van der Waals surface area contributed by atoms with E-state index in [1.165, 1.54) is 23.5 Å². The molecule has 1 aromatic heterocycles. The number of thiophene rings is 1. The first-order valence-corrected chi connectivity index (χ1v) is 7.75. The van der Waals surface area contributed by atoms with E-state index < -0.39 is 0 Å². The van der Waals surface area contributed by atoms with E-state index in [0.717, 1.165) is 14.7 Å². The monoisotopic (exact) mass is 415 g/mol. The highest BCUT2D eigenvalue weighted by molar-refractivity contribution is 14.1. The summed E-state index contributed by atoms with van der Waals surface area (Å²) in [6.45, 7) is 0. The fourth-order valence-corrected chi connectivity index (χ4v) is 4.08. The van der Waals surface area contributed by atoms with Gasteiger partial charge in [-0.15, -0.1) is 11.3 Å². The van der Waals surface area contributed by atoms with Gasteiger partial charge in [0.1, 0.15) is 5.82 Å². The highest BCUT2D eigenvalue weighted by atomic mass is 127. The van der Waals surface area contributed by atoms with E-state index in [1.54, 1.807) is 6.07 Å². The molecule has 96 valence electrons. The van der Waals surface area contributed by atoms with Crippen molar-refractivity contribution in [3.05, 3.63) is 53.5 Å². The Bertz CT molecular complexity index is 573. The predicted molar refractivity (Wildman–Crippen MR) is 84.4 cm³/mol. The molecule has 0 aliphatic heterocycles. The fourth-order valence-electron chi connectivity index (χ4n) is 1.76. The third kappa shape index (κ3) is 2.99. The van der Waals surface area contributed by atoms with Crippen LogP contribution in [0.25, 0.3) is 0 Å². The molecule has 1 atom stereocenters. The van der Waals surface area contributed by atoms with Crippen molar-refractivity contribution in [1.82, 2.24) is 5.32 Å². The van der Waals surface area contributed by atoms with Gasteiger partial charge in [0.2, 0.25) is 0 Å². The summed E-state index contributed by atoms with van der Waals surface area (Å²) in [5.74, 6) is -0.243.